The number of hydrogen-bond donors (Lipinski definition) is 3. The van der Waals surface area contributed by atoms with Gasteiger partial charge in [0, 0.05) is 6.42 Å². The van der Waals surface area contributed by atoms with Crippen molar-refractivity contribution in [3.63, 3.8) is 0 Å². The van der Waals surface area contributed by atoms with Gasteiger partial charge in [0.15, 0.2) is 0 Å². The van der Waals surface area contributed by atoms with E-state index in [-0.39, 0.29) is 12.0 Å². The van der Waals surface area contributed by atoms with Crippen molar-refractivity contribution in [2.75, 3.05) is 0 Å². The minimum atomic E-state index is -0.553. The molecule has 0 bridgehead atoms. The van der Waals surface area contributed by atoms with Crippen LogP contribution in [0.1, 0.15) is 78.1 Å². The Labute approximate surface area is 183 Å². The molecule has 4 aliphatic rings. The molecule has 0 aromatic heterocycles. The molecule has 4 rings (SSSR count). The second-order valence-electron chi connectivity index (χ2n) is 11.1. The molecular weight excluding hydrogens is 372 g/mol. The molecule has 0 aromatic rings. The van der Waals surface area contributed by atoms with Gasteiger partial charge in [-0.3, -0.25) is 0 Å². The van der Waals surface area contributed by atoms with Crippen molar-refractivity contribution < 1.29 is 15.3 Å². The van der Waals surface area contributed by atoms with E-state index >= 15 is 0 Å². The lowest BCUT2D eigenvalue weighted by atomic mass is 9.61. The Kier molecular flexibility index (Phi) is 6.63. The van der Waals surface area contributed by atoms with Crippen LogP contribution in [0.15, 0.2) is 36.0 Å². The zero-order valence-electron chi connectivity index (χ0n) is 19.0. The molecule has 0 radical (unpaired) electrons. The van der Waals surface area contributed by atoms with Gasteiger partial charge in [-0.25, -0.2) is 0 Å². The van der Waals surface area contributed by atoms with Crippen molar-refractivity contribution in [3.8, 4) is 0 Å². The smallest absolute Gasteiger partial charge is 0.0774 e. The fraction of sp³-hybridized carbons (Fsp3) is 0.778. The van der Waals surface area contributed by atoms with Crippen molar-refractivity contribution >= 4 is 0 Å². The summed E-state index contributed by atoms with van der Waals surface area (Å²) in [6, 6.07) is 0. The van der Waals surface area contributed by atoms with Crippen LogP contribution in [0.2, 0.25) is 0 Å². The van der Waals surface area contributed by atoms with E-state index in [4.69, 9.17) is 0 Å². The van der Waals surface area contributed by atoms with Gasteiger partial charge in [0.05, 0.1) is 18.3 Å². The van der Waals surface area contributed by atoms with Gasteiger partial charge in [-0.15, -0.1) is 0 Å². The molecule has 0 spiro atoms. The van der Waals surface area contributed by atoms with Gasteiger partial charge < -0.3 is 15.3 Å². The van der Waals surface area contributed by atoms with Gasteiger partial charge in [0.1, 0.15) is 0 Å². The summed E-state index contributed by atoms with van der Waals surface area (Å²) in [6.45, 7) is 8.98. The maximum Gasteiger partial charge on any atom is 0.0774 e. The molecule has 0 aliphatic heterocycles. The van der Waals surface area contributed by atoms with Gasteiger partial charge in [0.25, 0.3) is 0 Å². The fourth-order valence-electron chi connectivity index (χ4n) is 7.00. The SMILES string of the molecule is C=C1C(O)CC(O)CC1C/C=C1\CCC[C@@]2(C)C1CCC2[C@@H](C)/C=C/C(O)C1CC1. The average molecular weight is 415 g/mol. The largest absolute Gasteiger partial charge is 0.393 e. The first kappa shape index (κ1) is 22.3. The van der Waals surface area contributed by atoms with E-state index in [1.54, 1.807) is 5.57 Å². The first-order valence-corrected chi connectivity index (χ1v) is 12.4. The third-order valence-corrected chi connectivity index (χ3v) is 9.06. The van der Waals surface area contributed by atoms with Crippen LogP contribution in [0, 0.1) is 35.0 Å². The first-order valence-electron chi connectivity index (χ1n) is 12.4. The predicted molar refractivity (Wildman–Crippen MR) is 122 cm³/mol. The second kappa shape index (κ2) is 8.92. The molecule has 4 saturated carbocycles. The molecule has 3 heteroatoms. The number of aliphatic hydroxyl groups excluding tert-OH is 3. The summed E-state index contributed by atoms with van der Waals surface area (Å²) >= 11 is 0. The summed E-state index contributed by atoms with van der Waals surface area (Å²) in [4.78, 5) is 0. The molecule has 0 amide bonds. The molecule has 0 aromatic carbocycles. The number of hydrogen-bond acceptors (Lipinski definition) is 3. The molecule has 30 heavy (non-hydrogen) atoms. The van der Waals surface area contributed by atoms with Crippen LogP contribution in [0.3, 0.4) is 0 Å². The maximum absolute atomic E-state index is 10.2. The van der Waals surface area contributed by atoms with Crippen molar-refractivity contribution in [2.24, 2.45) is 35.0 Å². The quantitative estimate of drug-likeness (QED) is 0.526. The van der Waals surface area contributed by atoms with Crippen LogP contribution in [0.5, 0.6) is 0 Å². The molecule has 0 heterocycles. The fourth-order valence-corrected chi connectivity index (χ4v) is 7.00. The van der Waals surface area contributed by atoms with E-state index in [1.807, 2.05) is 0 Å². The standard InChI is InChI=1S/C27H42O3/c1-17(6-13-25(29)20-8-9-20)23-11-12-24-19(5-4-14-27(23,24)3)7-10-21-15-22(28)16-26(30)18(21)2/h6-7,13,17,20-26,28-30H,2,4-5,8-12,14-16H2,1,3H3/b13-6+,19-7+/t17-,21?,22?,23?,24?,25?,26?,27+/m0/s1. The minimum absolute atomic E-state index is 0.201. The van der Waals surface area contributed by atoms with Crippen molar-refractivity contribution in [3.05, 3.63) is 36.0 Å². The maximum atomic E-state index is 10.2. The molecule has 4 aliphatic carbocycles. The monoisotopic (exact) mass is 414 g/mol. The van der Waals surface area contributed by atoms with Crippen LogP contribution < -0.4 is 0 Å². The highest BCUT2D eigenvalue weighted by atomic mass is 16.3. The molecule has 0 saturated heterocycles. The second-order valence-corrected chi connectivity index (χ2v) is 11.1. The Morgan fingerprint density at radius 1 is 1.13 bits per heavy atom. The van der Waals surface area contributed by atoms with E-state index in [0.717, 1.165) is 18.4 Å². The third-order valence-electron chi connectivity index (χ3n) is 9.06. The molecule has 3 N–H and O–H groups in total. The van der Waals surface area contributed by atoms with Crippen LogP contribution in [-0.2, 0) is 0 Å². The zero-order valence-corrected chi connectivity index (χ0v) is 19.0. The van der Waals surface area contributed by atoms with Crippen molar-refractivity contribution in [1.29, 1.82) is 0 Å². The summed E-state index contributed by atoms with van der Waals surface area (Å²) in [5.41, 5.74) is 2.87. The summed E-state index contributed by atoms with van der Waals surface area (Å²) in [7, 11) is 0. The summed E-state index contributed by atoms with van der Waals surface area (Å²) in [5.74, 6) is 2.56. The molecule has 6 unspecified atom stereocenters. The van der Waals surface area contributed by atoms with Gasteiger partial charge >= 0.3 is 0 Å². The number of rotatable bonds is 6. The Balaban J connectivity index is 1.43. The van der Waals surface area contributed by atoms with E-state index in [0.29, 0.717) is 35.5 Å². The molecule has 8 atom stereocenters. The first-order chi connectivity index (χ1) is 14.3. The van der Waals surface area contributed by atoms with Crippen LogP contribution in [0.4, 0.5) is 0 Å². The predicted octanol–water partition coefficient (Wildman–Crippen LogP) is 5.17. The Bertz CT molecular complexity index is 690. The third kappa shape index (κ3) is 4.49. The number of allylic oxidation sites excluding steroid dienone is 3. The highest BCUT2D eigenvalue weighted by Gasteiger charge is 2.50. The summed E-state index contributed by atoms with van der Waals surface area (Å²) in [5, 5.41) is 30.5. The Morgan fingerprint density at radius 2 is 1.90 bits per heavy atom. The topological polar surface area (TPSA) is 60.7 Å². The van der Waals surface area contributed by atoms with E-state index in [1.165, 1.54) is 44.9 Å². The van der Waals surface area contributed by atoms with Gasteiger partial charge in [-0.1, -0.05) is 44.2 Å². The van der Waals surface area contributed by atoms with Crippen LogP contribution >= 0.6 is 0 Å². The normalized spacial score (nSPS) is 43.2. The van der Waals surface area contributed by atoms with E-state index in [2.05, 4.69) is 38.7 Å². The highest BCUT2D eigenvalue weighted by Crippen LogP contribution is 2.59. The lowest BCUT2D eigenvalue weighted by Crippen LogP contribution is -2.36. The van der Waals surface area contributed by atoms with Gasteiger partial charge in [0.2, 0.25) is 0 Å². The van der Waals surface area contributed by atoms with E-state index < -0.39 is 12.2 Å². The van der Waals surface area contributed by atoms with Crippen molar-refractivity contribution in [1.82, 2.24) is 0 Å². The highest BCUT2D eigenvalue weighted by molar-refractivity contribution is 5.21. The Hall–Kier alpha value is -0.900. The Morgan fingerprint density at radius 3 is 2.63 bits per heavy atom. The molecule has 168 valence electrons. The van der Waals surface area contributed by atoms with Gasteiger partial charge in [-0.2, -0.15) is 0 Å². The van der Waals surface area contributed by atoms with E-state index in [9.17, 15) is 15.3 Å². The van der Waals surface area contributed by atoms with Crippen molar-refractivity contribution in [2.45, 2.75) is 96.4 Å². The number of fused-ring (bicyclic) bond motifs is 1. The van der Waals surface area contributed by atoms with Crippen LogP contribution in [-0.4, -0.2) is 33.6 Å². The van der Waals surface area contributed by atoms with Crippen LogP contribution in [0.25, 0.3) is 0 Å². The lowest BCUT2D eigenvalue weighted by Gasteiger charge is -2.44. The zero-order chi connectivity index (χ0) is 21.5. The molecule has 4 fully saturated rings. The minimum Gasteiger partial charge on any atom is -0.393 e. The summed E-state index contributed by atoms with van der Waals surface area (Å²) < 4.78 is 0. The number of aliphatic hydroxyl groups is 3. The molecule has 3 nitrogen and oxygen atoms in total. The van der Waals surface area contributed by atoms with Gasteiger partial charge in [-0.05, 0) is 98.4 Å². The summed E-state index contributed by atoms with van der Waals surface area (Å²) in [6.07, 6.45) is 16.4. The molecular formula is C27H42O3. The average Bonchev–Trinajstić information content (AvgIpc) is 3.49. The lowest BCUT2D eigenvalue weighted by molar-refractivity contribution is 0.0522.